The molecule has 0 bridgehead atoms. The highest BCUT2D eigenvalue weighted by Gasteiger charge is 2.58. The van der Waals surface area contributed by atoms with Gasteiger partial charge in [0.1, 0.15) is 11.3 Å². The number of alkyl halides is 2. The Hall–Kier alpha value is -3.67. The van der Waals surface area contributed by atoms with Gasteiger partial charge in [-0.25, -0.2) is 27.9 Å². The minimum absolute atomic E-state index is 0.000139. The lowest BCUT2D eigenvalue weighted by Crippen LogP contribution is -2.41. The Kier molecular flexibility index (Phi) is 7.04. The lowest BCUT2D eigenvalue weighted by Gasteiger charge is -2.32. The van der Waals surface area contributed by atoms with Gasteiger partial charge < -0.3 is 24.5 Å². The van der Waals surface area contributed by atoms with Crippen molar-refractivity contribution in [1.29, 1.82) is 0 Å². The summed E-state index contributed by atoms with van der Waals surface area (Å²) in [5.41, 5.74) is -1.83. The van der Waals surface area contributed by atoms with Crippen LogP contribution in [0.4, 0.5) is 23.7 Å². The summed E-state index contributed by atoms with van der Waals surface area (Å²) in [6, 6.07) is 4.31. The minimum atomic E-state index is -2.84. The number of hydrogen-bond donors (Lipinski definition) is 2. The number of hydrogen-bond acceptors (Lipinski definition) is 6. The van der Waals surface area contributed by atoms with Gasteiger partial charge >= 0.3 is 6.09 Å². The molecule has 0 unspecified atom stereocenters. The van der Waals surface area contributed by atoms with Gasteiger partial charge in [0, 0.05) is 43.4 Å². The summed E-state index contributed by atoms with van der Waals surface area (Å²) in [5.74, 6) is -5.43. The van der Waals surface area contributed by atoms with E-state index >= 15 is 4.39 Å². The molecule has 0 aromatic carbocycles. The molecule has 4 heterocycles. The van der Waals surface area contributed by atoms with Crippen LogP contribution in [0.5, 0.6) is 0 Å². The zero-order chi connectivity index (χ0) is 29.9. The molecule has 41 heavy (non-hydrogen) atoms. The van der Waals surface area contributed by atoms with Gasteiger partial charge in [-0.2, -0.15) is 0 Å². The maximum atomic E-state index is 15.9. The van der Waals surface area contributed by atoms with Gasteiger partial charge in [-0.3, -0.25) is 4.79 Å². The van der Waals surface area contributed by atoms with Gasteiger partial charge in [-0.15, -0.1) is 0 Å². The highest BCUT2D eigenvalue weighted by molar-refractivity contribution is 6.03. The molecule has 9 nitrogen and oxygen atoms in total. The first-order valence-electron chi connectivity index (χ1n) is 13.6. The van der Waals surface area contributed by atoms with Crippen LogP contribution in [0.2, 0.25) is 0 Å². The Morgan fingerprint density at radius 1 is 1.07 bits per heavy atom. The second kappa shape index (κ2) is 10.0. The van der Waals surface area contributed by atoms with Gasteiger partial charge in [-0.05, 0) is 59.6 Å². The third-order valence-corrected chi connectivity index (χ3v) is 7.32. The molecule has 1 aliphatic heterocycles. The van der Waals surface area contributed by atoms with E-state index in [0.717, 1.165) is 0 Å². The van der Waals surface area contributed by atoms with Crippen molar-refractivity contribution in [2.75, 3.05) is 18.4 Å². The summed E-state index contributed by atoms with van der Waals surface area (Å²) in [4.78, 5) is 35.8. The topological polar surface area (TPSA) is 109 Å². The van der Waals surface area contributed by atoms with Crippen molar-refractivity contribution in [2.45, 2.75) is 82.8 Å². The van der Waals surface area contributed by atoms with Crippen molar-refractivity contribution in [3.8, 4) is 0 Å². The number of carbonyl (C=O) groups excluding carboxylic acids is 2. The fourth-order valence-electron chi connectivity index (χ4n) is 5.17. The van der Waals surface area contributed by atoms with E-state index in [-0.39, 0.29) is 46.7 Å². The van der Waals surface area contributed by atoms with E-state index < -0.39 is 34.8 Å². The van der Waals surface area contributed by atoms with Gasteiger partial charge in [0.15, 0.2) is 11.5 Å². The van der Waals surface area contributed by atoms with Crippen molar-refractivity contribution < 1.29 is 32.6 Å². The van der Waals surface area contributed by atoms with Gasteiger partial charge in [0.2, 0.25) is 0 Å². The summed E-state index contributed by atoms with van der Waals surface area (Å²) in [7, 11) is 0. The number of anilines is 1. The van der Waals surface area contributed by atoms with Crippen LogP contribution >= 0.6 is 0 Å². The molecular weight excluding hydrogens is 539 g/mol. The number of nitrogens with one attached hydrogen (secondary N) is 1. The molecule has 1 aliphatic carbocycles. The zero-order valence-corrected chi connectivity index (χ0v) is 23.7. The van der Waals surface area contributed by atoms with Crippen LogP contribution in [0.3, 0.4) is 0 Å². The standard InChI is InChI=1S/C29H34F3N5O4/c1-27(2,3)41-26(39)36-11-9-16(10-12-36)20-14-37-15-21(22(28(4,5)40)23(30)24(37)34-20)35-25(38)19-8-6-7-18(33-19)17-13-29(17,31)32/h6-8,14-17,40H,9-13H2,1-5H3,(H,35,38)/t17-/m1/s1. The molecule has 2 amide bonds. The highest BCUT2D eigenvalue weighted by Crippen LogP contribution is 2.55. The van der Waals surface area contributed by atoms with Crippen LogP contribution in [-0.4, -0.2) is 61.0 Å². The molecule has 1 saturated carbocycles. The molecule has 2 fully saturated rings. The van der Waals surface area contributed by atoms with Crippen molar-refractivity contribution in [2.24, 2.45) is 0 Å². The van der Waals surface area contributed by atoms with Gasteiger partial charge in [-0.1, -0.05) is 6.07 Å². The number of aromatic nitrogens is 3. The zero-order valence-electron chi connectivity index (χ0n) is 23.7. The molecule has 0 radical (unpaired) electrons. The smallest absolute Gasteiger partial charge is 0.410 e. The second-order valence-electron chi connectivity index (χ2n) is 12.3. The predicted molar refractivity (Wildman–Crippen MR) is 145 cm³/mol. The fraction of sp³-hybridized carbons (Fsp3) is 0.517. The number of imidazole rings is 1. The number of fused-ring (bicyclic) bond motifs is 1. The molecule has 5 rings (SSSR count). The lowest BCUT2D eigenvalue weighted by atomic mass is 9.94. The van der Waals surface area contributed by atoms with Crippen LogP contribution in [0.25, 0.3) is 5.65 Å². The highest BCUT2D eigenvalue weighted by atomic mass is 19.3. The van der Waals surface area contributed by atoms with Crippen molar-refractivity contribution in [3.63, 3.8) is 0 Å². The fourth-order valence-corrected chi connectivity index (χ4v) is 5.17. The normalized spacial score (nSPS) is 19.3. The molecule has 2 N–H and O–H groups in total. The summed E-state index contributed by atoms with van der Waals surface area (Å²) < 4.78 is 49.9. The Morgan fingerprint density at radius 2 is 1.73 bits per heavy atom. The van der Waals surface area contributed by atoms with Crippen LogP contribution in [-0.2, 0) is 10.3 Å². The Bertz CT molecular complexity index is 1500. The van der Waals surface area contributed by atoms with E-state index in [0.29, 0.717) is 31.6 Å². The second-order valence-corrected chi connectivity index (χ2v) is 12.3. The van der Waals surface area contributed by atoms with E-state index in [1.54, 1.807) is 11.1 Å². The molecule has 0 spiro atoms. The summed E-state index contributed by atoms with van der Waals surface area (Å²) in [5, 5.41) is 13.4. The van der Waals surface area contributed by atoms with E-state index in [4.69, 9.17) is 4.74 Å². The van der Waals surface area contributed by atoms with Crippen LogP contribution in [0.15, 0.2) is 30.6 Å². The monoisotopic (exact) mass is 573 g/mol. The van der Waals surface area contributed by atoms with Gasteiger partial charge in [0.25, 0.3) is 11.8 Å². The van der Waals surface area contributed by atoms with Crippen molar-refractivity contribution in [3.05, 3.63) is 59.1 Å². The lowest BCUT2D eigenvalue weighted by molar-refractivity contribution is 0.0204. The van der Waals surface area contributed by atoms with Crippen LogP contribution in [0.1, 0.15) is 93.2 Å². The average molecular weight is 574 g/mol. The third kappa shape index (κ3) is 6.02. The number of aliphatic hydroxyl groups is 1. The van der Waals surface area contributed by atoms with Crippen molar-refractivity contribution in [1.82, 2.24) is 19.3 Å². The number of halogens is 3. The maximum absolute atomic E-state index is 15.9. The predicted octanol–water partition coefficient (Wildman–Crippen LogP) is 5.59. The maximum Gasteiger partial charge on any atom is 0.410 e. The summed E-state index contributed by atoms with van der Waals surface area (Å²) in [6.07, 6.45) is 3.65. The minimum Gasteiger partial charge on any atom is -0.444 e. The molecule has 1 saturated heterocycles. The molecular formula is C29H34F3N5O4. The molecule has 220 valence electrons. The Morgan fingerprint density at radius 3 is 2.32 bits per heavy atom. The molecule has 1 atom stereocenters. The van der Waals surface area contributed by atoms with Gasteiger partial charge in [0.05, 0.1) is 28.6 Å². The molecule has 3 aromatic heterocycles. The first-order valence-corrected chi connectivity index (χ1v) is 13.6. The Balaban J connectivity index is 1.39. The van der Waals surface area contributed by atoms with E-state index in [1.807, 2.05) is 20.8 Å². The number of amides is 2. The van der Waals surface area contributed by atoms with Crippen LogP contribution in [0, 0.1) is 5.82 Å². The number of nitrogens with zero attached hydrogens (tertiary/aromatic N) is 4. The number of ether oxygens (including phenoxy) is 1. The molecule has 2 aliphatic rings. The number of carbonyl (C=O) groups is 2. The summed E-state index contributed by atoms with van der Waals surface area (Å²) >= 11 is 0. The van der Waals surface area contributed by atoms with E-state index in [2.05, 4.69) is 15.3 Å². The third-order valence-electron chi connectivity index (χ3n) is 7.32. The number of rotatable bonds is 5. The number of likely N-dealkylation sites (tertiary alicyclic amines) is 1. The van der Waals surface area contributed by atoms with Crippen molar-refractivity contribution >= 4 is 23.3 Å². The quantitative estimate of drug-likeness (QED) is 0.412. The first kappa shape index (κ1) is 28.8. The molecule has 12 heteroatoms. The largest absolute Gasteiger partial charge is 0.444 e. The molecule has 3 aromatic rings. The Labute approximate surface area is 235 Å². The number of piperidine rings is 1. The van der Waals surface area contributed by atoms with E-state index in [9.17, 15) is 23.5 Å². The summed E-state index contributed by atoms with van der Waals surface area (Å²) in [6.45, 7) is 9.14. The number of pyridine rings is 2. The van der Waals surface area contributed by atoms with Crippen LogP contribution < -0.4 is 5.32 Å². The average Bonchev–Trinajstić information content (AvgIpc) is 3.30. The van der Waals surface area contributed by atoms with E-state index in [1.165, 1.54) is 42.6 Å². The SMILES string of the molecule is CC(C)(C)OC(=O)N1CCC(c2cn3cc(NC(=O)c4cccc([C@H]5CC5(F)F)n4)c(C(C)(C)O)c(F)c3n2)CC1. The first-order chi connectivity index (χ1) is 19.0.